The number of nitrogens with zero attached hydrogens (tertiary/aromatic N) is 2. The highest BCUT2D eigenvalue weighted by atomic mass is 16.4. The standard InChI is InChI=1S/C23H27N3O3/c1-25-20-8-7-19(16-21(20)29-23(25)28)24-22(27)11-14-26-12-9-18(10-13-26)15-17-5-3-2-4-6-17/h2-8,16,18H,9-15H2,1H3,(H,24,27). The number of likely N-dealkylation sites (tertiary alicyclic amines) is 1. The zero-order chi connectivity index (χ0) is 20.2. The number of anilines is 1. The Labute approximate surface area is 170 Å². The third-order valence-electron chi connectivity index (χ3n) is 5.81. The average Bonchev–Trinajstić information content (AvgIpc) is 3.01. The van der Waals surface area contributed by atoms with Gasteiger partial charge in [0.15, 0.2) is 5.58 Å². The van der Waals surface area contributed by atoms with Gasteiger partial charge in [-0.2, -0.15) is 0 Å². The molecule has 3 aromatic rings. The lowest BCUT2D eigenvalue weighted by molar-refractivity contribution is -0.116. The number of benzene rings is 2. The quantitative estimate of drug-likeness (QED) is 0.697. The van der Waals surface area contributed by atoms with Crippen LogP contribution in [0, 0.1) is 5.92 Å². The van der Waals surface area contributed by atoms with Gasteiger partial charge in [0.1, 0.15) is 0 Å². The van der Waals surface area contributed by atoms with Crippen LogP contribution in [0.15, 0.2) is 57.7 Å². The summed E-state index contributed by atoms with van der Waals surface area (Å²) < 4.78 is 6.62. The van der Waals surface area contributed by atoms with Crippen molar-refractivity contribution in [2.45, 2.75) is 25.7 Å². The van der Waals surface area contributed by atoms with Crippen molar-refractivity contribution in [2.75, 3.05) is 25.0 Å². The molecule has 1 aliphatic heterocycles. The normalized spacial score (nSPS) is 15.6. The molecule has 0 unspecified atom stereocenters. The molecule has 2 heterocycles. The molecule has 152 valence electrons. The number of carbonyl (C=O) groups is 1. The zero-order valence-corrected chi connectivity index (χ0v) is 16.8. The lowest BCUT2D eigenvalue weighted by atomic mass is 9.90. The van der Waals surface area contributed by atoms with Crippen molar-refractivity contribution in [1.29, 1.82) is 0 Å². The Hall–Kier alpha value is -2.86. The smallest absolute Gasteiger partial charge is 0.408 e. The summed E-state index contributed by atoms with van der Waals surface area (Å²) in [5.41, 5.74) is 3.26. The zero-order valence-electron chi connectivity index (χ0n) is 16.8. The number of aromatic nitrogens is 1. The molecule has 0 bridgehead atoms. The van der Waals surface area contributed by atoms with Crippen LogP contribution in [0.3, 0.4) is 0 Å². The van der Waals surface area contributed by atoms with Crippen LogP contribution < -0.4 is 11.1 Å². The Balaban J connectivity index is 1.23. The number of aryl methyl sites for hydroxylation is 1. The Kier molecular flexibility index (Phi) is 5.81. The molecule has 29 heavy (non-hydrogen) atoms. The van der Waals surface area contributed by atoms with Crippen LogP contribution in [0.4, 0.5) is 5.69 Å². The van der Waals surface area contributed by atoms with E-state index in [0.29, 0.717) is 23.2 Å². The number of amides is 1. The van der Waals surface area contributed by atoms with Gasteiger partial charge in [-0.3, -0.25) is 9.36 Å². The van der Waals surface area contributed by atoms with Crippen LogP contribution in [-0.4, -0.2) is 35.0 Å². The van der Waals surface area contributed by atoms with Crippen molar-refractivity contribution in [2.24, 2.45) is 13.0 Å². The molecule has 1 N–H and O–H groups in total. The second kappa shape index (κ2) is 8.66. The summed E-state index contributed by atoms with van der Waals surface area (Å²) in [5, 5.41) is 2.91. The molecule has 0 saturated carbocycles. The molecule has 0 spiro atoms. The van der Waals surface area contributed by atoms with Crippen molar-refractivity contribution in [3.8, 4) is 0 Å². The minimum absolute atomic E-state index is 0.0194. The average molecular weight is 393 g/mol. The number of hydrogen-bond acceptors (Lipinski definition) is 4. The molecule has 6 heteroatoms. The van der Waals surface area contributed by atoms with Gasteiger partial charge in [-0.15, -0.1) is 0 Å². The summed E-state index contributed by atoms with van der Waals surface area (Å²) in [6.45, 7) is 2.87. The van der Waals surface area contributed by atoms with E-state index in [-0.39, 0.29) is 5.91 Å². The Morgan fingerprint density at radius 1 is 1.14 bits per heavy atom. The van der Waals surface area contributed by atoms with Crippen molar-refractivity contribution in [3.05, 3.63) is 64.6 Å². The molecule has 1 aliphatic rings. The number of piperidine rings is 1. The third-order valence-corrected chi connectivity index (χ3v) is 5.81. The van der Waals surface area contributed by atoms with E-state index >= 15 is 0 Å². The van der Waals surface area contributed by atoms with E-state index in [0.717, 1.165) is 32.0 Å². The Bertz CT molecular complexity index is 1030. The number of rotatable bonds is 6. The molecule has 2 aromatic carbocycles. The highest BCUT2D eigenvalue weighted by Gasteiger charge is 2.20. The van der Waals surface area contributed by atoms with Crippen molar-refractivity contribution < 1.29 is 9.21 Å². The first-order valence-corrected chi connectivity index (χ1v) is 10.2. The second-order valence-electron chi connectivity index (χ2n) is 7.88. The lowest BCUT2D eigenvalue weighted by Gasteiger charge is -2.31. The van der Waals surface area contributed by atoms with E-state index in [1.807, 2.05) is 0 Å². The minimum Gasteiger partial charge on any atom is -0.408 e. The predicted molar refractivity (Wildman–Crippen MR) is 114 cm³/mol. The van der Waals surface area contributed by atoms with Gasteiger partial charge < -0.3 is 14.6 Å². The molecule has 6 nitrogen and oxygen atoms in total. The number of carbonyl (C=O) groups excluding carboxylic acids is 1. The van der Waals surface area contributed by atoms with Crippen LogP contribution in [-0.2, 0) is 18.3 Å². The highest BCUT2D eigenvalue weighted by Crippen LogP contribution is 2.22. The van der Waals surface area contributed by atoms with E-state index in [4.69, 9.17) is 4.42 Å². The predicted octanol–water partition coefficient (Wildman–Crippen LogP) is 3.41. The number of oxazole rings is 1. The number of fused-ring (bicyclic) bond motifs is 1. The summed E-state index contributed by atoms with van der Waals surface area (Å²) in [5.74, 6) is 0.308. The summed E-state index contributed by atoms with van der Waals surface area (Å²) in [6, 6.07) is 16.0. The van der Waals surface area contributed by atoms with E-state index in [2.05, 4.69) is 40.5 Å². The van der Waals surface area contributed by atoms with E-state index in [1.54, 1.807) is 25.2 Å². The molecule has 1 amide bonds. The SMILES string of the molecule is Cn1c(=O)oc2cc(NC(=O)CCN3CCC(Cc4ccccc4)CC3)ccc21. The topological polar surface area (TPSA) is 67.5 Å². The van der Waals surface area contributed by atoms with Crippen LogP contribution >= 0.6 is 0 Å². The number of hydrogen-bond donors (Lipinski definition) is 1. The maximum atomic E-state index is 12.3. The van der Waals surface area contributed by atoms with E-state index in [1.165, 1.54) is 23.0 Å². The summed E-state index contributed by atoms with van der Waals surface area (Å²) in [7, 11) is 1.66. The Morgan fingerprint density at radius 2 is 1.90 bits per heavy atom. The maximum Gasteiger partial charge on any atom is 0.419 e. The van der Waals surface area contributed by atoms with Gasteiger partial charge in [0.05, 0.1) is 5.52 Å². The molecule has 1 aromatic heterocycles. The summed E-state index contributed by atoms with van der Waals surface area (Å²) >= 11 is 0. The van der Waals surface area contributed by atoms with Gasteiger partial charge in [-0.1, -0.05) is 30.3 Å². The van der Waals surface area contributed by atoms with Crippen molar-refractivity contribution >= 4 is 22.7 Å². The van der Waals surface area contributed by atoms with Crippen LogP contribution in [0.5, 0.6) is 0 Å². The van der Waals surface area contributed by atoms with Gasteiger partial charge in [0.25, 0.3) is 0 Å². The molecule has 1 saturated heterocycles. The second-order valence-corrected chi connectivity index (χ2v) is 7.88. The first-order chi connectivity index (χ1) is 14.1. The summed E-state index contributed by atoms with van der Waals surface area (Å²) in [6.07, 6.45) is 3.97. The fraction of sp³-hybridized carbons (Fsp3) is 0.391. The molecule has 0 aliphatic carbocycles. The highest BCUT2D eigenvalue weighted by molar-refractivity contribution is 5.92. The molecular formula is C23H27N3O3. The lowest BCUT2D eigenvalue weighted by Crippen LogP contribution is -2.36. The van der Waals surface area contributed by atoms with Crippen LogP contribution in [0.25, 0.3) is 11.1 Å². The van der Waals surface area contributed by atoms with Gasteiger partial charge >= 0.3 is 5.76 Å². The first-order valence-electron chi connectivity index (χ1n) is 10.2. The fourth-order valence-electron chi connectivity index (χ4n) is 4.06. The third kappa shape index (κ3) is 4.77. The molecular weight excluding hydrogens is 366 g/mol. The molecule has 0 atom stereocenters. The van der Waals surface area contributed by atoms with Crippen molar-refractivity contribution in [1.82, 2.24) is 9.47 Å². The number of nitrogens with one attached hydrogen (secondary N) is 1. The van der Waals surface area contributed by atoms with Gasteiger partial charge in [-0.05, 0) is 56.0 Å². The van der Waals surface area contributed by atoms with Crippen molar-refractivity contribution in [3.63, 3.8) is 0 Å². The van der Waals surface area contributed by atoms with E-state index < -0.39 is 5.76 Å². The van der Waals surface area contributed by atoms with E-state index in [9.17, 15) is 9.59 Å². The molecule has 1 fully saturated rings. The first kappa shape index (κ1) is 19.5. The molecule has 0 radical (unpaired) electrons. The van der Waals surface area contributed by atoms with Crippen LogP contribution in [0.1, 0.15) is 24.8 Å². The van der Waals surface area contributed by atoms with Gasteiger partial charge in [0.2, 0.25) is 5.91 Å². The van der Waals surface area contributed by atoms with Crippen LogP contribution in [0.2, 0.25) is 0 Å². The summed E-state index contributed by atoms with van der Waals surface area (Å²) in [4.78, 5) is 26.3. The fourth-order valence-corrected chi connectivity index (χ4v) is 4.06. The van der Waals surface area contributed by atoms with Gasteiger partial charge in [0, 0.05) is 31.8 Å². The monoisotopic (exact) mass is 393 g/mol. The largest absolute Gasteiger partial charge is 0.419 e. The maximum absolute atomic E-state index is 12.3. The minimum atomic E-state index is -0.404. The molecule has 4 rings (SSSR count). The Morgan fingerprint density at radius 3 is 2.66 bits per heavy atom. The van der Waals surface area contributed by atoms with Gasteiger partial charge in [-0.25, -0.2) is 4.79 Å².